The summed E-state index contributed by atoms with van der Waals surface area (Å²) in [5.41, 5.74) is 1.64. The number of para-hydroxylation sites is 1. The first-order chi connectivity index (χ1) is 14.0. The van der Waals surface area contributed by atoms with Gasteiger partial charge in [0.1, 0.15) is 5.70 Å². The number of likely N-dealkylation sites (N-methyl/N-ethyl adjacent to an activating group) is 1. The van der Waals surface area contributed by atoms with Crippen LogP contribution in [0.5, 0.6) is 0 Å². The molecule has 0 saturated heterocycles. The highest BCUT2D eigenvalue weighted by Gasteiger charge is 2.41. The largest absolute Gasteiger partial charge is 0.383 e. The topological polar surface area (TPSA) is 93.0 Å². The number of hydrogen-bond donors (Lipinski definition) is 0. The summed E-state index contributed by atoms with van der Waals surface area (Å²) in [6, 6.07) is 15.0. The number of carbonyl (C=O) groups is 2. The van der Waals surface area contributed by atoms with Gasteiger partial charge in [-0.25, -0.2) is 0 Å². The fourth-order valence-corrected chi connectivity index (χ4v) is 3.29. The van der Waals surface area contributed by atoms with E-state index in [0.717, 1.165) is 10.6 Å². The summed E-state index contributed by atoms with van der Waals surface area (Å²) >= 11 is 0. The van der Waals surface area contributed by atoms with Crippen molar-refractivity contribution < 1.29 is 19.2 Å². The Labute approximate surface area is 168 Å². The normalized spacial score (nSPS) is 13.9. The number of methoxy groups -OCH3 is 1. The number of nitro benzene ring substituents is 1. The molecule has 2 aromatic rings. The van der Waals surface area contributed by atoms with Gasteiger partial charge in [-0.2, -0.15) is 0 Å². The molecule has 3 rings (SSSR count). The number of amides is 2. The maximum Gasteiger partial charge on any atom is 0.278 e. The van der Waals surface area contributed by atoms with Gasteiger partial charge in [-0.05, 0) is 36.8 Å². The number of anilines is 1. The lowest BCUT2D eigenvalue weighted by molar-refractivity contribution is -0.384. The number of nitrogens with zero attached hydrogens (tertiary/aromatic N) is 3. The Morgan fingerprint density at radius 1 is 1.03 bits per heavy atom. The van der Waals surface area contributed by atoms with Crippen molar-refractivity contribution in [2.45, 2.75) is 6.92 Å². The van der Waals surface area contributed by atoms with E-state index in [1.54, 1.807) is 4.90 Å². The molecule has 0 N–H and O–H groups in total. The van der Waals surface area contributed by atoms with Crippen molar-refractivity contribution in [3.05, 3.63) is 76.0 Å². The van der Waals surface area contributed by atoms with Gasteiger partial charge >= 0.3 is 0 Å². The van der Waals surface area contributed by atoms with E-state index in [1.807, 2.05) is 37.3 Å². The minimum absolute atomic E-state index is 0.0840. The summed E-state index contributed by atoms with van der Waals surface area (Å²) in [5, 5.41) is 11.0. The molecule has 150 valence electrons. The molecule has 0 aliphatic carbocycles. The van der Waals surface area contributed by atoms with Crippen molar-refractivity contribution in [1.29, 1.82) is 0 Å². The predicted molar refractivity (Wildman–Crippen MR) is 108 cm³/mol. The second kappa shape index (κ2) is 8.66. The number of non-ortho nitro benzene ring substituents is 1. The van der Waals surface area contributed by atoms with Gasteiger partial charge in [-0.3, -0.25) is 24.6 Å². The molecular weight excluding hydrogens is 374 g/mol. The smallest absolute Gasteiger partial charge is 0.278 e. The molecule has 0 fully saturated rings. The zero-order valence-electron chi connectivity index (χ0n) is 16.2. The Balaban J connectivity index is 2.14. The second-order valence-corrected chi connectivity index (χ2v) is 6.36. The fraction of sp³-hybridized carbons (Fsp3) is 0.238. The van der Waals surface area contributed by atoms with Gasteiger partial charge < -0.3 is 9.64 Å². The summed E-state index contributed by atoms with van der Waals surface area (Å²) in [7, 11) is 1.50. The van der Waals surface area contributed by atoms with Gasteiger partial charge in [0, 0.05) is 31.5 Å². The lowest BCUT2D eigenvalue weighted by atomic mass is 10.0. The number of carbonyl (C=O) groups excluding carboxylic acids is 2. The van der Waals surface area contributed by atoms with E-state index in [9.17, 15) is 19.7 Å². The minimum atomic E-state index is -0.506. The van der Waals surface area contributed by atoms with E-state index in [0.29, 0.717) is 12.1 Å². The standard InChI is InChI=1S/C21H21N3O5/c1-3-22(16-7-5-4-6-8-16)19-18(15-9-11-17(12-10-15)24(27)28)20(25)23(21(19)26)13-14-29-2/h4-12H,3,13-14H2,1-2H3. The molecule has 0 bridgehead atoms. The lowest BCUT2D eigenvalue weighted by Crippen LogP contribution is -2.37. The van der Waals surface area contributed by atoms with Crippen LogP contribution in [0.3, 0.4) is 0 Å². The monoisotopic (exact) mass is 395 g/mol. The molecule has 29 heavy (non-hydrogen) atoms. The number of hydrogen-bond acceptors (Lipinski definition) is 6. The van der Waals surface area contributed by atoms with Crippen LogP contribution >= 0.6 is 0 Å². The molecule has 2 amide bonds. The molecule has 0 unspecified atom stereocenters. The van der Waals surface area contributed by atoms with Gasteiger partial charge in [0.25, 0.3) is 17.5 Å². The van der Waals surface area contributed by atoms with Crippen molar-refractivity contribution in [3.63, 3.8) is 0 Å². The Kier molecular flexibility index (Phi) is 6.04. The molecular formula is C21H21N3O5. The first kappa shape index (κ1) is 20.2. The van der Waals surface area contributed by atoms with Crippen molar-refractivity contribution in [2.75, 3.05) is 31.7 Å². The maximum atomic E-state index is 13.2. The van der Waals surface area contributed by atoms with Gasteiger partial charge in [-0.1, -0.05) is 18.2 Å². The number of ether oxygens (including phenoxy) is 1. The summed E-state index contributed by atoms with van der Waals surface area (Å²) in [6.07, 6.45) is 0. The molecule has 0 aromatic heterocycles. The van der Waals surface area contributed by atoms with Crippen LogP contribution in [0.15, 0.2) is 60.3 Å². The van der Waals surface area contributed by atoms with Gasteiger partial charge in [0.05, 0.1) is 23.6 Å². The van der Waals surface area contributed by atoms with E-state index in [4.69, 9.17) is 4.74 Å². The average Bonchev–Trinajstić information content (AvgIpc) is 2.98. The summed E-state index contributed by atoms with van der Waals surface area (Å²) < 4.78 is 5.04. The van der Waals surface area contributed by atoms with Crippen LogP contribution < -0.4 is 4.90 Å². The quantitative estimate of drug-likeness (QED) is 0.388. The third-order valence-electron chi connectivity index (χ3n) is 4.68. The molecule has 1 heterocycles. The van der Waals surface area contributed by atoms with Gasteiger partial charge in [-0.15, -0.1) is 0 Å². The van der Waals surface area contributed by atoms with E-state index in [1.165, 1.54) is 31.4 Å². The SMILES string of the molecule is CCN(C1=C(c2ccc([N+](=O)[O-])cc2)C(=O)N(CCOC)C1=O)c1ccccc1. The van der Waals surface area contributed by atoms with E-state index < -0.39 is 16.7 Å². The van der Waals surface area contributed by atoms with Crippen LogP contribution in [0.2, 0.25) is 0 Å². The summed E-state index contributed by atoms with van der Waals surface area (Å²) in [5.74, 6) is -0.851. The molecule has 2 aromatic carbocycles. The number of benzene rings is 2. The molecule has 0 radical (unpaired) electrons. The van der Waals surface area contributed by atoms with Gasteiger partial charge in [0.2, 0.25) is 0 Å². The van der Waals surface area contributed by atoms with Crippen molar-refractivity contribution >= 4 is 28.8 Å². The van der Waals surface area contributed by atoms with Crippen LogP contribution in [0.4, 0.5) is 11.4 Å². The number of nitro groups is 1. The van der Waals surface area contributed by atoms with Crippen molar-refractivity contribution in [2.24, 2.45) is 0 Å². The molecule has 0 spiro atoms. The van der Waals surface area contributed by atoms with Crippen LogP contribution in [0.25, 0.3) is 5.57 Å². The third-order valence-corrected chi connectivity index (χ3v) is 4.68. The zero-order chi connectivity index (χ0) is 21.0. The van der Waals surface area contributed by atoms with Crippen LogP contribution in [0.1, 0.15) is 12.5 Å². The highest BCUT2D eigenvalue weighted by Crippen LogP contribution is 2.34. The average molecular weight is 395 g/mol. The molecule has 0 saturated carbocycles. The first-order valence-corrected chi connectivity index (χ1v) is 9.16. The van der Waals surface area contributed by atoms with E-state index in [-0.39, 0.29) is 30.1 Å². The maximum absolute atomic E-state index is 13.2. The highest BCUT2D eigenvalue weighted by molar-refractivity contribution is 6.36. The van der Waals surface area contributed by atoms with Crippen LogP contribution in [0, 0.1) is 10.1 Å². The van der Waals surface area contributed by atoms with E-state index in [2.05, 4.69) is 0 Å². The van der Waals surface area contributed by atoms with Crippen molar-refractivity contribution in [1.82, 2.24) is 4.90 Å². The molecule has 0 atom stereocenters. The molecule has 1 aliphatic heterocycles. The van der Waals surface area contributed by atoms with Crippen LogP contribution in [-0.4, -0.2) is 48.4 Å². The Bertz CT molecular complexity index is 954. The van der Waals surface area contributed by atoms with Crippen molar-refractivity contribution in [3.8, 4) is 0 Å². The number of rotatable bonds is 8. The highest BCUT2D eigenvalue weighted by atomic mass is 16.6. The Morgan fingerprint density at radius 3 is 2.24 bits per heavy atom. The van der Waals surface area contributed by atoms with Gasteiger partial charge in [0.15, 0.2) is 0 Å². The lowest BCUT2D eigenvalue weighted by Gasteiger charge is -2.24. The number of imide groups is 1. The predicted octanol–water partition coefficient (Wildman–Crippen LogP) is 2.85. The minimum Gasteiger partial charge on any atom is -0.383 e. The summed E-state index contributed by atoms with van der Waals surface area (Å²) in [4.78, 5) is 39.7. The third kappa shape index (κ3) is 3.88. The Hall–Kier alpha value is -3.52. The second-order valence-electron chi connectivity index (χ2n) is 6.36. The van der Waals surface area contributed by atoms with Crippen LogP contribution in [-0.2, 0) is 14.3 Å². The Morgan fingerprint density at radius 2 is 1.69 bits per heavy atom. The fourth-order valence-electron chi connectivity index (χ4n) is 3.29. The molecule has 1 aliphatic rings. The van der Waals surface area contributed by atoms with E-state index >= 15 is 0 Å². The zero-order valence-corrected chi connectivity index (χ0v) is 16.2. The first-order valence-electron chi connectivity index (χ1n) is 9.16. The molecule has 8 nitrogen and oxygen atoms in total. The molecule has 8 heteroatoms. The summed E-state index contributed by atoms with van der Waals surface area (Å²) in [6.45, 7) is 2.70.